The number of pyridine rings is 1. The van der Waals surface area contributed by atoms with E-state index in [2.05, 4.69) is 14.9 Å². The standard InChI is InChI=1S/C24H28F3N5O/c1-3-30(4-2)22(33)20-10-9-18(15-28-20)31-13-11-17(12-14-31)16-32-21-8-6-5-7-19(21)29-23(32)24(25,26)27/h5-10,15,17H,3-4,11-14,16H2,1-2H3. The van der Waals surface area contributed by atoms with Gasteiger partial charge < -0.3 is 14.4 Å². The lowest BCUT2D eigenvalue weighted by Crippen LogP contribution is -2.35. The molecule has 0 atom stereocenters. The second-order valence-corrected chi connectivity index (χ2v) is 8.34. The predicted octanol–water partition coefficient (Wildman–Crippen LogP) is 4.85. The van der Waals surface area contributed by atoms with Crippen LogP contribution in [0.2, 0.25) is 0 Å². The van der Waals surface area contributed by atoms with Gasteiger partial charge in [-0.05, 0) is 56.9 Å². The molecule has 0 radical (unpaired) electrons. The molecular weight excluding hydrogens is 431 g/mol. The number of benzene rings is 1. The van der Waals surface area contributed by atoms with Gasteiger partial charge in [0.25, 0.3) is 5.91 Å². The van der Waals surface area contributed by atoms with Crippen LogP contribution in [0.1, 0.15) is 43.0 Å². The molecule has 0 bridgehead atoms. The molecule has 1 amide bonds. The highest BCUT2D eigenvalue weighted by molar-refractivity contribution is 5.92. The number of rotatable bonds is 6. The molecule has 3 heterocycles. The highest BCUT2D eigenvalue weighted by Gasteiger charge is 2.38. The largest absolute Gasteiger partial charge is 0.449 e. The normalized spacial score (nSPS) is 15.2. The number of para-hydroxylation sites is 2. The monoisotopic (exact) mass is 459 g/mol. The van der Waals surface area contributed by atoms with Gasteiger partial charge in [-0.3, -0.25) is 4.79 Å². The average molecular weight is 460 g/mol. The third kappa shape index (κ3) is 4.82. The number of nitrogens with zero attached hydrogens (tertiary/aromatic N) is 5. The van der Waals surface area contributed by atoms with Gasteiger partial charge in [0, 0.05) is 32.7 Å². The molecule has 0 N–H and O–H groups in total. The summed E-state index contributed by atoms with van der Waals surface area (Å²) in [5.41, 5.74) is 2.23. The van der Waals surface area contributed by atoms with E-state index in [1.165, 1.54) is 4.57 Å². The van der Waals surface area contributed by atoms with E-state index in [1.54, 1.807) is 41.4 Å². The highest BCUT2D eigenvalue weighted by Crippen LogP contribution is 2.33. The zero-order chi connectivity index (χ0) is 23.6. The Morgan fingerprint density at radius 1 is 1.09 bits per heavy atom. The fraction of sp³-hybridized carbons (Fsp3) is 0.458. The summed E-state index contributed by atoms with van der Waals surface area (Å²) in [6.07, 6.45) is -1.24. The van der Waals surface area contributed by atoms with E-state index in [0.717, 1.165) is 31.6 Å². The second-order valence-electron chi connectivity index (χ2n) is 8.34. The van der Waals surface area contributed by atoms with E-state index in [-0.39, 0.29) is 11.8 Å². The lowest BCUT2D eigenvalue weighted by molar-refractivity contribution is -0.147. The smallest absolute Gasteiger partial charge is 0.370 e. The summed E-state index contributed by atoms with van der Waals surface area (Å²) >= 11 is 0. The number of carbonyl (C=O) groups is 1. The van der Waals surface area contributed by atoms with Crippen LogP contribution in [-0.2, 0) is 12.7 Å². The van der Waals surface area contributed by atoms with Crippen molar-refractivity contribution in [1.29, 1.82) is 0 Å². The van der Waals surface area contributed by atoms with Crippen LogP contribution in [0.15, 0.2) is 42.6 Å². The van der Waals surface area contributed by atoms with Crippen LogP contribution >= 0.6 is 0 Å². The van der Waals surface area contributed by atoms with Gasteiger partial charge in [-0.25, -0.2) is 9.97 Å². The fourth-order valence-electron chi connectivity index (χ4n) is 4.48. The number of anilines is 1. The Bertz CT molecular complexity index is 1100. The molecule has 1 aromatic carbocycles. The maximum atomic E-state index is 13.6. The summed E-state index contributed by atoms with van der Waals surface area (Å²) < 4.78 is 42.1. The quantitative estimate of drug-likeness (QED) is 0.529. The molecule has 0 unspecified atom stereocenters. The first kappa shape index (κ1) is 23.1. The maximum Gasteiger partial charge on any atom is 0.449 e. The van der Waals surface area contributed by atoms with Gasteiger partial charge in [0.05, 0.1) is 22.9 Å². The number of amides is 1. The summed E-state index contributed by atoms with van der Waals surface area (Å²) in [5, 5.41) is 0. The Kier molecular flexibility index (Phi) is 6.58. The molecule has 9 heteroatoms. The maximum absolute atomic E-state index is 13.6. The molecule has 3 aromatic rings. The van der Waals surface area contributed by atoms with E-state index < -0.39 is 12.0 Å². The van der Waals surface area contributed by atoms with Crippen molar-refractivity contribution in [2.45, 2.75) is 39.4 Å². The van der Waals surface area contributed by atoms with Crippen molar-refractivity contribution in [1.82, 2.24) is 19.4 Å². The highest BCUT2D eigenvalue weighted by atomic mass is 19.4. The van der Waals surface area contributed by atoms with Crippen molar-refractivity contribution in [3.63, 3.8) is 0 Å². The minimum atomic E-state index is -4.49. The van der Waals surface area contributed by atoms with Gasteiger partial charge >= 0.3 is 6.18 Å². The molecule has 0 spiro atoms. The van der Waals surface area contributed by atoms with Crippen LogP contribution in [0.5, 0.6) is 0 Å². The van der Waals surface area contributed by atoms with Crippen LogP contribution in [0.4, 0.5) is 18.9 Å². The Balaban J connectivity index is 1.43. The summed E-state index contributed by atoms with van der Waals surface area (Å²) in [5.74, 6) is -0.793. The van der Waals surface area contributed by atoms with Crippen LogP contribution in [0.3, 0.4) is 0 Å². The molecule has 176 valence electrons. The van der Waals surface area contributed by atoms with Crippen molar-refractivity contribution in [2.75, 3.05) is 31.1 Å². The molecule has 33 heavy (non-hydrogen) atoms. The van der Waals surface area contributed by atoms with Crippen molar-refractivity contribution >= 4 is 22.6 Å². The molecule has 0 aliphatic carbocycles. The molecule has 0 saturated carbocycles. The zero-order valence-electron chi connectivity index (χ0n) is 18.8. The molecule has 2 aromatic heterocycles. The Labute approximate surface area is 191 Å². The summed E-state index contributed by atoms with van der Waals surface area (Å²) in [6, 6.07) is 10.4. The number of aromatic nitrogens is 3. The second kappa shape index (κ2) is 9.41. The van der Waals surface area contributed by atoms with Crippen LogP contribution in [-0.4, -0.2) is 51.5 Å². The van der Waals surface area contributed by atoms with E-state index >= 15 is 0 Å². The van der Waals surface area contributed by atoms with Crippen LogP contribution < -0.4 is 4.90 Å². The lowest BCUT2D eigenvalue weighted by atomic mass is 9.96. The molecular formula is C24H28F3N5O. The van der Waals surface area contributed by atoms with Crippen molar-refractivity contribution < 1.29 is 18.0 Å². The first-order valence-electron chi connectivity index (χ1n) is 11.3. The van der Waals surface area contributed by atoms with Crippen molar-refractivity contribution in [3.05, 3.63) is 54.1 Å². The van der Waals surface area contributed by atoms with E-state index in [0.29, 0.717) is 36.4 Å². The Morgan fingerprint density at radius 3 is 2.39 bits per heavy atom. The van der Waals surface area contributed by atoms with Gasteiger partial charge in [-0.2, -0.15) is 13.2 Å². The Morgan fingerprint density at radius 2 is 1.79 bits per heavy atom. The van der Waals surface area contributed by atoms with Gasteiger partial charge in [0.15, 0.2) is 0 Å². The number of alkyl halides is 3. The Hall–Kier alpha value is -3.10. The number of piperidine rings is 1. The molecule has 1 saturated heterocycles. The van der Waals surface area contributed by atoms with Gasteiger partial charge in [-0.15, -0.1) is 0 Å². The fourth-order valence-corrected chi connectivity index (χ4v) is 4.48. The van der Waals surface area contributed by atoms with Gasteiger partial charge in [0.2, 0.25) is 5.82 Å². The van der Waals surface area contributed by atoms with Crippen molar-refractivity contribution in [3.8, 4) is 0 Å². The number of halogens is 3. The van der Waals surface area contributed by atoms with Crippen LogP contribution in [0.25, 0.3) is 11.0 Å². The molecule has 1 fully saturated rings. The van der Waals surface area contributed by atoms with Gasteiger partial charge in [0.1, 0.15) is 5.69 Å². The first-order valence-corrected chi connectivity index (χ1v) is 11.3. The number of hydrogen-bond acceptors (Lipinski definition) is 4. The molecule has 1 aliphatic rings. The zero-order valence-corrected chi connectivity index (χ0v) is 18.8. The predicted molar refractivity (Wildman–Crippen MR) is 121 cm³/mol. The summed E-state index contributed by atoms with van der Waals surface area (Å²) in [4.78, 5) is 24.5. The summed E-state index contributed by atoms with van der Waals surface area (Å²) in [7, 11) is 0. The van der Waals surface area contributed by atoms with E-state index in [9.17, 15) is 18.0 Å². The third-order valence-corrected chi connectivity index (χ3v) is 6.35. The SMILES string of the molecule is CCN(CC)C(=O)c1ccc(N2CCC(Cn3c(C(F)(F)F)nc4ccccc43)CC2)cn1. The molecule has 1 aliphatic heterocycles. The average Bonchev–Trinajstić information content (AvgIpc) is 3.19. The van der Waals surface area contributed by atoms with E-state index in [4.69, 9.17) is 0 Å². The minimum absolute atomic E-state index is 0.0849. The number of fused-ring (bicyclic) bond motifs is 1. The van der Waals surface area contributed by atoms with Crippen LogP contribution in [0, 0.1) is 5.92 Å². The van der Waals surface area contributed by atoms with E-state index in [1.807, 2.05) is 19.9 Å². The number of hydrogen-bond donors (Lipinski definition) is 0. The number of carbonyl (C=O) groups excluding carboxylic acids is 1. The lowest BCUT2D eigenvalue weighted by Gasteiger charge is -2.34. The third-order valence-electron chi connectivity index (χ3n) is 6.35. The summed E-state index contributed by atoms with van der Waals surface area (Å²) in [6.45, 7) is 6.88. The van der Waals surface area contributed by atoms with Crippen molar-refractivity contribution in [2.24, 2.45) is 5.92 Å². The van der Waals surface area contributed by atoms with Gasteiger partial charge in [-0.1, -0.05) is 12.1 Å². The minimum Gasteiger partial charge on any atom is -0.370 e. The first-order chi connectivity index (χ1) is 15.8. The topological polar surface area (TPSA) is 54.3 Å². The molecule has 4 rings (SSSR count). The molecule has 6 nitrogen and oxygen atoms in total. The number of imidazole rings is 1.